The van der Waals surface area contributed by atoms with Crippen LogP contribution in [0.25, 0.3) is 0 Å². The predicted octanol–water partition coefficient (Wildman–Crippen LogP) is 2.11. The first-order chi connectivity index (χ1) is 10.9. The maximum Gasteiger partial charge on any atom is 0.0555 e. The summed E-state index contributed by atoms with van der Waals surface area (Å²) in [5.74, 6) is 0. The molecule has 3 heterocycles. The van der Waals surface area contributed by atoms with Crippen LogP contribution >= 0.6 is 0 Å². The van der Waals surface area contributed by atoms with Gasteiger partial charge in [-0.1, -0.05) is 44.6 Å². The predicted molar refractivity (Wildman–Crippen MR) is 150 cm³/mol. The van der Waals surface area contributed by atoms with Gasteiger partial charge in [0.05, 0.1) is 15.7 Å². The van der Waals surface area contributed by atoms with Crippen molar-refractivity contribution in [2.24, 2.45) is 0 Å². The van der Waals surface area contributed by atoms with E-state index in [9.17, 15) is 0 Å². The summed E-state index contributed by atoms with van der Waals surface area (Å²) < 4.78 is 19.9. The van der Waals surface area contributed by atoms with Gasteiger partial charge in [0.1, 0.15) is 0 Å². The third kappa shape index (κ3) is 6.17. The summed E-state index contributed by atoms with van der Waals surface area (Å²) in [4.78, 5) is 0. The minimum absolute atomic E-state index is 0. The zero-order chi connectivity index (χ0) is 16.6. The molecule has 29 heavy (non-hydrogen) atoms. The van der Waals surface area contributed by atoms with Gasteiger partial charge in [-0.3, -0.25) is 0 Å². The fourth-order valence-corrected chi connectivity index (χ4v) is 13.2. The molecule has 0 aromatic heterocycles. The molecular weight excluding hydrogens is 425 g/mol. The molecule has 3 atom stereocenters. The van der Waals surface area contributed by atoms with E-state index in [0.717, 1.165) is 60.8 Å². The van der Waals surface area contributed by atoms with E-state index >= 15 is 0 Å². The minimum Gasteiger partial charge on any atom is -0.379 e. The summed E-state index contributed by atoms with van der Waals surface area (Å²) in [5.41, 5.74) is 0. The second kappa shape index (κ2) is 14.0. The standard InChI is InChI=1S/C16H36O3Si4.6CH4/c20-13(7-1-4-10-17-13)16(23,14(21)8-2-5-11-18-14)15(22)9-3-6-12-19-15;;;;;;/h1-12H2,20-23H3;6*1H4. The topological polar surface area (TPSA) is 27.7 Å². The van der Waals surface area contributed by atoms with Crippen molar-refractivity contribution >= 4 is 41.0 Å². The van der Waals surface area contributed by atoms with Gasteiger partial charge in [0.15, 0.2) is 0 Å². The Bertz CT molecular complexity index is 356. The lowest BCUT2D eigenvalue weighted by atomic mass is 9.77. The molecule has 7 heteroatoms. The summed E-state index contributed by atoms with van der Waals surface area (Å²) in [6, 6.07) is 0. The molecular formula is C22H60O3Si4. The van der Waals surface area contributed by atoms with Crippen LogP contribution in [0.3, 0.4) is 0 Å². The average molecular weight is 485 g/mol. The van der Waals surface area contributed by atoms with E-state index in [1.807, 2.05) is 0 Å². The fourth-order valence-electron chi connectivity index (χ4n) is 5.66. The summed E-state index contributed by atoms with van der Waals surface area (Å²) in [7, 11) is 4.50. The summed E-state index contributed by atoms with van der Waals surface area (Å²) >= 11 is 0. The molecule has 3 unspecified atom stereocenters. The van der Waals surface area contributed by atoms with Crippen LogP contribution in [0.15, 0.2) is 0 Å². The fraction of sp³-hybridized carbons (Fsp3) is 1.00. The molecule has 0 saturated carbocycles. The van der Waals surface area contributed by atoms with Gasteiger partial charge < -0.3 is 14.2 Å². The Labute approximate surface area is 197 Å². The molecule has 0 bridgehead atoms. The molecule has 3 saturated heterocycles. The number of rotatable bonds is 3. The molecule has 0 aromatic rings. The molecule has 3 aliphatic heterocycles. The van der Waals surface area contributed by atoms with E-state index in [4.69, 9.17) is 14.2 Å². The molecule has 3 aliphatic rings. The highest BCUT2D eigenvalue weighted by atomic mass is 28.2. The molecule has 3 fully saturated rings. The number of hydrogen-bond acceptors (Lipinski definition) is 3. The lowest BCUT2D eigenvalue weighted by Gasteiger charge is -2.66. The number of ether oxygens (including phenoxy) is 3. The van der Waals surface area contributed by atoms with Crippen LogP contribution in [0, 0.1) is 0 Å². The molecule has 0 aromatic carbocycles. The average Bonchev–Trinajstić information content (AvgIpc) is 2.56. The highest BCUT2D eigenvalue weighted by Crippen LogP contribution is 2.61. The Kier molecular flexibility index (Phi) is 17.9. The highest BCUT2D eigenvalue weighted by Gasteiger charge is 2.66. The molecule has 0 radical (unpaired) electrons. The zero-order valence-electron chi connectivity index (χ0n) is 15.7. The lowest BCUT2D eigenvalue weighted by molar-refractivity contribution is -0.190. The van der Waals surface area contributed by atoms with Crippen LogP contribution in [-0.2, 0) is 14.2 Å². The van der Waals surface area contributed by atoms with Gasteiger partial charge in [0.25, 0.3) is 0 Å². The maximum absolute atomic E-state index is 6.65. The van der Waals surface area contributed by atoms with Gasteiger partial charge in [-0.25, -0.2) is 0 Å². The third-order valence-corrected chi connectivity index (χ3v) is 19.1. The molecule has 182 valence electrons. The second-order valence-corrected chi connectivity index (χ2v) is 15.1. The van der Waals surface area contributed by atoms with Crippen molar-refractivity contribution in [3.05, 3.63) is 0 Å². The second-order valence-electron chi connectivity index (χ2n) is 8.73. The van der Waals surface area contributed by atoms with E-state index < -0.39 is 0 Å². The van der Waals surface area contributed by atoms with Crippen molar-refractivity contribution in [1.29, 1.82) is 0 Å². The zero-order valence-corrected chi connectivity index (χ0v) is 23.7. The summed E-state index contributed by atoms with van der Waals surface area (Å²) in [5, 5.41) is 0.458. The smallest absolute Gasteiger partial charge is 0.0555 e. The molecule has 0 N–H and O–H groups in total. The SMILES string of the molecule is C.C.C.C.C.C.[SiH3]C1(C([SiH3])(C2([SiH3])CCCCO2)C2([SiH3])CCCCO2)CCCCO1. The Hall–Kier alpha value is 0.748. The molecule has 3 nitrogen and oxygen atoms in total. The van der Waals surface area contributed by atoms with Crippen LogP contribution in [0.5, 0.6) is 0 Å². The largest absolute Gasteiger partial charge is 0.379 e. The first kappa shape index (κ1) is 37.1. The third-order valence-electron chi connectivity index (χ3n) is 7.58. The van der Waals surface area contributed by atoms with Crippen molar-refractivity contribution in [2.45, 2.75) is 123 Å². The molecule has 0 aliphatic carbocycles. The monoisotopic (exact) mass is 484 g/mol. The Morgan fingerprint density at radius 1 is 0.483 bits per heavy atom. The van der Waals surface area contributed by atoms with E-state index in [2.05, 4.69) is 0 Å². The van der Waals surface area contributed by atoms with Gasteiger partial charge in [-0.2, -0.15) is 0 Å². The van der Waals surface area contributed by atoms with Gasteiger partial charge in [-0.05, 0) is 57.8 Å². The first-order valence-corrected chi connectivity index (χ1v) is 13.8. The van der Waals surface area contributed by atoms with Crippen LogP contribution in [-0.4, -0.2) is 76.5 Å². The van der Waals surface area contributed by atoms with Crippen molar-refractivity contribution in [3.63, 3.8) is 0 Å². The van der Waals surface area contributed by atoms with Crippen LogP contribution in [0.1, 0.15) is 102 Å². The Morgan fingerprint density at radius 3 is 0.897 bits per heavy atom. The molecule has 0 amide bonds. The summed E-state index contributed by atoms with van der Waals surface area (Å²) in [6.07, 6.45) is 11.5. The number of hydrogen-bond donors (Lipinski definition) is 0. The minimum atomic E-state index is 0. The van der Waals surface area contributed by atoms with Gasteiger partial charge in [-0.15, -0.1) is 0 Å². The van der Waals surface area contributed by atoms with Crippen molar-refractivity contribution in [2.75, 3.05) is 19.8 Å². The van der Waals surface area contributed by atoms with Crippen LogP contribution in [0.2, 0.25) is 5.04 Å². The lowest BCUT2D eigenvalue weighted by Crippen LogP contribution is -2.72. The van der Waals surface area contributed by atoms with E-state index in [1.54, 1.807) is 0 Å². The van der Waals surface area contributed by atoms with Gasteiger partial charge in [0, 0.05) is 65.8 Å². The maximum atomic E-state index is 6.65. The normalized spacial score (nSPS) is 36.4. The van der Waals surface area contributed by atoms with Crippen molar-refractivity contribution in [3.8, 4) is 0 Å². The van der Waals surface area contributed by atoms with Gasteiger partial charge >= 0.3 is 0 Å². The first-order valence-electron chi connectivity index (χ1n) is 9.79. The van der Waals surface area contributed by atoms with Crippen LogP contribution in [0.4, 0.5) is 0 Å². The molecule has 3 rings (SSSR count). The quantitative estimate of drug-likeness (QED) is 0.574. The van der Waals surface area contributed by atoms with E-state index in [0.29, 0.717) is 0 Å². The van der Waals surface area contributed by atoms with Crippen molar-refractivity contribution in [1.82, 2.24) is 0 Å². The van der Waals surface area contributed by atoms with Gasteiger partial charge in [0.2, 0.25) is 0 Å². The van der Waals surface area contributed by atoms with Crippen molar-refractivity contribution < 1.29 is 14.2 Å². The van der Waals surface area contributed by atoms with E-state index in [-0.39, 0.29) is 65.3 Å². The Balaban J connectivity index is -0.000000521. The summed E-state index contributed by atoms with van der Waals surface area (Å²) in [6.45, 7) is 2.88. The Morgan fingerprint density at radius 2 is 0.724 bits per heavy atom. The van der Waals surface area contributed by atoms with Crippen LogP contribution < -0.4 is 0 Å². The molecule has 0 spiro atoms. The van der Waals surface area contributed by atoms with E-state index in [1.165, 1.54) is 57.8 Å². The highest BCUT2D eigenvalue weighted by molar-refractivity contribution is 6.37.